The number of methoxy groups -OCH3 is 1. The molecular weight excluding hydrogens is 331 g/mol. The highest BCUT2D eigenvalue weighted by Crippen LogP contribution is 2.28. The maximum atomic E-state index is 12.2. The van der Waals surface area contributed by atoms with Crippen molar-refractivity contribution in [2.45, 2.75) is 12.4 Å². The van der Waals surface area contributed by atoms with Crippen molar-refractivity contribution in [3.8, 4) is 11.5 Å². The molecule has 0 aliphatic heterocycles. The Labute approximate surface area is 142 Å². The molecule has 0 bridgehead atoms. The molecule has 25 heavy (non-hydrogen) atoms. The first-order chi connectivity index (χ1) is 11.9. The Morgan fingerprint density at radius 2 is 1.36 bits per heavy atom. The average Bonchev–Trinajstić information content (AvgIpc) is 2.59. The van der Waals surface area contributed by atoms with Crippen LogP contribution >= 0.6 is 0 Å². The number of halogens is 3. The number of hydrogen-bond donors (Lipinski definition) is 1. The van der Waals surface area contributed by atoms with Crippen LogP contribution in [0.2, 0.25) is 0 Å². The van der Waals surface area contributed by atoms with Crippen molar-refractivity contribution in [2.24, 2.45) is 5.73 Å². The van der Waals surface area contributed by atoms with Gasteiger partial charge in [-0.2, -0.15) is 0 Å². The predicted octanol–water partition coefficient (Wildman–Crippen LogP) is 4.80. The van der Waals surface area contributed by atoms with Crippen LogP contribution in [0.3, 0.4) is 0 Å². The molecule has 0 aromatic heterocycles. The van der Waals surface area contributed by atoms with Gasteiger partial charge in [0.1, 0.15) is 11.5 Å². The smallest absolute Gasteiger partial charge is 0.497 e. The molecule has 0 radical (unpaired) electrons. The van der Waals surface area contributed by atoms with Crippen molar-refractivity contribution in [1.29, 1.82) is 0 Å². The summed E-state index contributed by atoms with van der Waals surface area (Å²) in [6.45, 7) is 0. The Morgan fingerprint density at radius 3 is 2.00 bits per heavy atom. The van der Waals surface area contributed by atoms with Crippen molar-refractivity contribution in [3.63, 3.8) is 0 Å². The average molecular weight is 347 g/mol. The van der Waals surface area contributed by atoms with E-state index in [2.05, 4.69) is 4.74 Å². The lowest BCUT2D eigenvalue weighted by atomic mass is 9.97. The van der Waals surface area contributed by atoms with Gasteiger partial charge in [0.25, 0.3) is 0 Å². The molecular formula is C19H16F3NO2. The summed E-state index contributed by atoms with van der Waals surface area (Å²) >= 11 is 0. The third-order valence-corrected chi connectivity index (χ3v) is 3.90. The summed E-state index contributed by atoms with van der Waals surface area (Å²) in [6, 6.07) is 16.6. The minimum absolute atomic E-state index is 0.269. The number of nitrogens with two attached hydrogens (primary N) is 1. The second kappa shape index (κ2) is 6.64. The van der Waals surface area contributed by atoms with Crippen LogP contribution in [0, 0.1) is 0 Å². The highest BCUT2D eigenvalue weighted by Gasteiger charge is 2.31. The predicted molar refractivity (Wildman–Crippen MR) is 89.7 cm³/mol. The lowest BCUT2D eigenvalue weighted by Gasteiger charge is -2.15. The fourth-order valence-corrected chi connectivity index (χ4v) is 2.63. The second-order valence-electron chi connectivity index (χ2n) is 5.57. The maximum absolute atomic E-state index is 12.2. The zero-order valence-corrected chi connectivity index (χ0v) is 13.4. The molecule has 3 rings (SSSR count). The van der Waals surface area contributed by atoms with Gasteiger partial charge in [-0.05, 0) is 52.2 Å². The molecule has 0 amide bonds. The molecule has 0 unspecified atom stereocenters. The van der Waals surface area contributed by atoms with Gasteiger partial charge in [-0.25, -0.2) is 0 Å². The second-order valence-corrected chi connectivity index (χ2v) is 5.57. The van der Waals surface area contributed by atoms with E-state index in [1.165, 1.54) is 24.3 Å². The molecule has 0 heterocycles. The van der Waals surface area contributed by atoms with Crippen molar-refractivity contribution < 1.29 is 22.6 Å². The lowest BCUT2D eigenvalue weighted by molar-refractivity contribution is -0.274. The normalized spacial score (nSPS) is 12.8. The monoisotopic (exact) mass is 347 g/mol. The van der Waals surface area contributed by atoms with E-state index in [1.807, 2.05) is 36.4 Å². The Balaban J connectivity index is 1.84. The van der Waals surface area contributed by atoms with Crippen LogP contribution in [0.4, 0.5) is 13.2 Å². The maximum Gasteiger partial charge on any atom is 0.573 e. The Bertz CT molecular complexity index is 876. The third kappa shape index (κ3) is 4.03. The Kier molecular flexibility index (Phi) is 4.55. The van der Waals surface area contributed by atoms with Crippen LogP contribution in [0.1, 0.15) is 17.2 Å². The van der Waals surface area contributed by atoms with Crippen LogP contribution < -0.4 is 15.2 Å². The van der Waals surface area contributed by atoms with Crippen molar-refractivity contribution in [1.82, 2.24) is 0 Å². The van der Waals surface area contributed by atoms with Gasteiger partial charge in [-0.15, -0.1) is 13.2 Å². The van der Waals surface area contributed by atoms with Crippen LogP contribution in [-0.2, 0) is 0 Å². The summed E-state index contributed by atoms with van der Waals surface area (Å²) in [5.41, 5.74) is 7.81. The summed E-state index contributed by atoms with van der Waals surface area (Å²) in [5.74, 6) is 0.499. The fraction of sp³-hybridized carbons (Fsp3) is 0.158. The van der Waals surface area contributed by atoms with Crippen LogP contribution in [0.25, 0.3) is 10.8 Å². The van der Waals surface area contributed by atoms with Crippen LogP contribution in [-0.4, -0.2) is 13.5 Å². The largest absolute Gasteiger partial charge is 0.573 e. The Hall–Kier alpha value is -2.73. The zero-order valence-electron chi connectivity index (χ0n) is 13.4. The van der Waals surface area contributed by atoms with Gasteiger partial charge >= 0.3 is 6.36 Å². The van der Waals surface area contributed by atoms with E-state index in [4.69, 9.17) is 10.5 Å². The van der Waals surface area contributed by atoms with Crippen molar-refractivity contribution in [3.05, 3.63) is 71.8 Å². The van der Waals surface area contributed by atoms with E-state index in [0.717, 1.165) is 22.1 Å². The SMILES string of the molecule is COc1ccc2cc([C@@H](N)c3ccc(OC(F)(F)F)cc3)ccc2c1. The molecule has 2 N–H and O–H groups in total. The Morgan fingerprint density at radius 1 is 0.800 bits per heavy atom. The van der Waals surface area contributed by atoms with E-state index >= 15 is 0 Å². The minimum Gasteiger partial charge on any atom is -0.497 e. The lowest BCUT2D eigenvalue weighted by Crippen LogP contribution is -2.17. The molecule has 0 spiro atoms. The van der Waals surface area contributed by atoms with Gasteiger partial charge in [-0.1, -0.05) is 30.3 Å². The number of fused-ring (bicyclic) bond motifs is 1. The van der Waals surface area contributed by atoms with E-state index in [9.17, 15) is 13.2 Å². The fourth-order valence-electron chi connectivity index (χ4n) is 2.63. The molecule has 0 aliphatic carbocycles. The first kappa shape index (κ1) is 17.1. The topological polar surface area (TPSA) is 44.5 Å². The first-order valence-electron chi connectivity index (χ1n) is 7.55. The highest BCUT2D eigenvalue weighted by atomic mass is 19.4. The zero-order chi connectivity index (χ0) is 18.0. The van der Waals surface area contributed by atoms with Gasteiger partial charge in [0.05, 0.1) is 13.2 Å². The highest BCUT2D eigenvalue weighted by molar-refractivity contribution is 5.84. The van der Waals surface area contributed by atoms with Crippen LogP contribution in [0.15, 0.2) is 60.7 Å². The quantitative estimate of drug-likeness (QED) is 0.738. The molecule has 130 valence electrons. The van der Waals surface area contributed by atoms with Gasteiger partial charge in [-0.3, -0.25) is 0 Å². The van der Waals surface area contributed by atoms with E-state index in [0.29, 0.717) is 5.56 Å². The molecule has 3 aromatic rings. The molecule has 0 saturated carbocycles. The van der Waals surface area contributed by atoms with Gasteiger partial charge in [0.2, 0.25) is 0 Å². The number of benzene rings is 3. The minimum atomic E-state index is -4.71. The summed E-state index contributed by atoms with van der Waals surface area (Å²) in [6.07, 6.45) is -4.71. The van der Waals surface area contributed by atoms with Gasteiger partial charge < -0.3 is 15.2 Å². The molecule has 3 aromatic carbocycles. The van der Waals surface area contributed by atoms with E-state index < -0.39 is 12.4 Å². The van der Waals surface area contributed by atoms with Crippen molar-refractivity contribution >= 4 is 10.8 Å². The number of rotatable bonds is 4. The summed E-state index contributed by atoms with van der Waals surface area (Å²) < 4.78 is 45.7. The van der Waals surface area contributed by atoms with Gasteiger partial charge in [0.15, 0.2) is 0 Å². The third-order valence-electron chi connectivity index (χ3n) is 3.90. The van der Waals surface area contributed by atoms with Crippen molar-refractivity contribution in [2.75, 3.05) is 7.11 Å². The van der Waals surface area contributed by atoms with E-state index in [1.54, 1.807) is 7.11 Å². The number of hydrogen-bond acceptors (Lipinski definition) is 3. The molecule has 0 fully saturated rings. The summed E-state index contributed by atoms with van der Waals surface area (Å²) in [7, 11) is 1.61. The molecule has 3 nitrogen and oxygen atoms in total. The molecule has 0 aliphatic rings. The standard InChI is InChI=1S/C19H16F3NO2/c1-24-17-9-6-13-10-15(3-2-14(13)11-17)18(23)12-4-7-16(8-5-12)25-19(20,21)22/h2-11,18H,23H2,1H3/t18-/m0/s1. The summed E-state index contributed by atoms with van der Waals surface area (Å²) in [5, 5.41) is 2.02. The number of ether oxygens (including phenoxy) is 2. The van der Waals surface area contributed by atoms with E-state index in [-0.39, 0.29) is 5.75 Å². The summed E-state index contributed by atoms with van der Waals surface area (Å²) in [4.78, 5) is 0. The first-order valence-corrected chi connectivity index (χ1v) is 7.55. The molecule has 1 atom stereocenters. The molecule has 0 saturated heterocycles. The number of alkyl halides is 3. The van der Waals surface area contributed by atoms with Crippen LogP contribution in [0.5, 0.6) is 11.5 Å². The van der Waals surface area contributed by atoms with Gasteiger partial charge in [0, 0.05) is 0 Å². The molecule has 6 heteroatoms.